The van der Waals surface area contributed by atoms with E-state index in [1.807, 2.05) is 0 Å². The maximum Gasteiger partial charge on any atom is 0.416 e. The van der Waals surface area contributed by atoms with Crippen molar-refractivity contribution in [3.05, 3.63) is 28.2 Å². The smallest absolute Gasteiger partial charge is 0.166 e. The summed E-state index contributed by atoms with van der Waals surface area (Å²) in [7, 11) is 6.10. The van der Waals surface area contributed by atoms with E-state index in [-0.39, 0.29) is 0 Å². The average Bonchev–Trinajstić information content (AvgIpc) is 2.01. The molecule has 0 saturated heterocycles. The van der Waals surface area contributed by atoms with Crippen molar-refractivity contribution in [2.75, 3.05) is 0 Å². The standard InChI is InChI=1S/C7H3BrClF3S/c8-5-1-4(7(10,11)12)2-6(3-5)13-9/h1-3H. The van der Waals surface area contributed by atoms with Gasteiger partial charge in [-0.25, -0.2) is 0 Å². The Morgan fingerprint density at radius 1 is 1.23 bits per heavy atom. The van der Waals surface area contributed by atoms with E-state index < -0.39 is 11.7 Å². The Kier molecular flexibility index (Phi) is 3.54. The van der Waals surface area contributed by atoms with Crippen LogP contribution in [-0.4, -0.2) is 0 Å². The zero-order valence-corrected chi connectivity index (χ0v) is 9.19. The first kappa shape index (κ1) is 11.2. The molecule has 0 nitrogen and oxygen atoms in total. The van der Waals surface area contributed by atoms with Crippen molar-refractivity contribution in [2.45, 2.75) is 11.1 Å². The van der Waals surface area contributed by atoms with E-state index in [9.17, 15) is 13.2 Å². The SMILES string of the molecule is FC(F)(F)c1cc(Br)cc(SCl)c1. The van der Waals surface area contributed by atoms with Crippen LogP contribution in [0.5, 0.6) is 0 Å². The second-order valence-electron chi connectivity index (χ2n) is 2.25. The molecule has 0 amide bonds. The zero-order chi connectivity index (χ0) is 10.1. The van der Waals surface area contributed by atoms with E-state index in [4.69, 9.17) is 10.7 Å². The third-order valence-corrected chi connectivity index (χ3v) is 2.69. The first-order valence-electron chi connectivity index (χ1n) is 3.10. The molecule has 1 rings (SSSR count). The first-order valence-corrected chi connectivity index (χ1v) is 5.53. The molecule has 1 aromatic carbocycles. The van der Waals surface area contributed by atoms with Gasteiger partial charge < -0.3 is 0 Å². The number of halogens is 5. The van der Waals surface area contributed by atoms with Gasteiger partial charge in [0.05, 0.1) is 5.56 Å². The molecule has 6 heteroatoms. The van der Waals surface area contributed by atoms with Gasteiger partial charge in [-0.3, -0.25) is 0 Å². The third kappa shape index (κ3) is 3.07. The quantitative estimate of drug-likeness (QED) is 0.722. The number of rotatable bonds is 1. The molecule has 0 aliphatic rings. The third-order valence-electron chi connectivity index (χ3n) is 1.29. The van der Waals surface area contributed by atoms with Gasteiger partial charge in [0.25, 0.3) is 0 Å². The molecule has 0 bridgehead atoms. The molecule has 1 aromatic rings. The molecule has 0 aliphatic heterocycles. The number of benzene rings is 1. The van der Waals surface area contributed by atoms with Gasteiger partial charge in [0.15, 0.2) is 0 Å². The highest BCUT2D eigenvalue weighted by atomic mass is 79.9. The maximum absolute atomic E-state index is 12.2. The van der Waals surface area contributed by atoms with Crippen LogP contribution in [0.4, 0.5) is 13.2 Å². The molecule has 0 unspecified atom stereocenters. The molecule has 72 valence electrons. The highest BCUT2D eigenvalue weighted by molar-refractivity contribution is 9.10. The van der Waals surface area contributed by atoms with Gasteiger partial charge in [0.1, 0.15) is 0 Å². The number of hydrogen-bond acceptors (Lipinski definition) is 1. The van der Waals surface area contributed by atoms with Gasteiger partial charge in [0, 0.05) is 9.37 Å². The topological polar surface area (TPSA) is 0 Å². The largest absolute Gasteiger partial charge is 0.416 e. The Labute approximate surface area is 90.1 Å². The molecular weight excluding hydrogens is 288 g/mol. The fraction of sp³-hybridized carbons (Fsp3) is 0.143. The minimum absolute atomic E-state index is 0.364. The van der Waals surface area contributed by atoms with E-state index in [1.165, 1.54) is 6.07 Å². The van der Waals surface area contributed by atoms with Gasteiger partial charge in [-0.2, -0.15) is 13.2 Å². The fourth-order valence-corrected chi connectivity index (χ4v) is 2.03. The van der Waals surface area contributed by atoms with Crippen LogP contribution in [0.3, 0.4) is 0 Å². The summed E-state index contributed by atoms with van der Waals surface area (Å²) in [6.07, 6.45) is -4.33. The van der Waals surface area contributed by atoms with E-state index in [0.717, 1.165) is 23.1 Å². The Morgan fingerprint density at radius 3 is 2.31 bits per heavy atom. The Morgan fingerprint density at radius 2 is 1.85 bits per heavy atom. The van der Waals surface area contributed by atoms with Gasteiger partial charge >= 0.3 is 6.18 Å². The first-order chi connectivity index (χ1) is 5.93. The second-order valence-corrected chi connectivity index (χ2v) is 4.25. The summed E-state index contributed by atoms with van der Waals surface area (Å²) in [6.45, 7) is 0. The highest BCUT2D eigenvalue weighted by Crippen LogP contribution is 2.35. The number of alkyl halides is 3. The molecule has 0 aromatic heterocycles. The van der Waals surface area contributed by atoms with Crippen molar-refractivity contribution >= 4 is 37.6 Å². The lowest BCUT2D eigenvalue weighted by molar-refractivity contribution is -0.137. The van der Waals surface area contributed by atoms with Crippen LogP contribution in [0.1, 0.15) is 5.56 Å². The van der Waals surface area contributed by atoms with Crippen LogP contribution in [0.2, 0.25) is 0 Å². The monoisotopic (exact) mass is 290 g/mol. The van der Waals surface area contributed by atoms with Crippen LogP contribution in [-0.2, 0) is 6.18 Å². The van der Waals surface area contributed by atoms with Crippen LogP contribution in [0, 0.1) is 0 Å². The van der Waals surface area contributed by atoms with E-state index >= 15 is 0 Å². The molecule has 0 atom stereocenters. The summed E-state index contributed by atoms with van der Waals surface area (Å²) >= 11 is 2.97. The summed E-state index contributed by atoms with van der Waals surface area (Å²) in [6, 6.07) is 3.53. The summed E-state index contributed by atoms with van der Waals surface area (Å²) in [5.41, 5.74) is -0.704. The van der Waals surface area contributed by atoms with Crippen molar-refractivity contribution in [1.82, 2.24) is 0 Å². The molecule has 0 saturated carbocycles. The van der Waals surface area contributed by atoms with Crippen LogP contribution >= 0.6 is 37.6 Å². The Hall–Kier alpha value is 0.130. The summed E-state index contributed by atoms with van der Waals surface area (Å²) in [5.74, 6) is 0. The number of hydrogen-bond donors (Lipinski definition) is 0. The molecule has 0 heterocycles. The highest BCUT2D eigenvalue weighted by Gasteiger charge is 2.30. The Bertz CT molecular complexity index is 313. The second kappa shape index (κ2) is 4.11. The summed E-state index contributed by atoms with van der Waals surface area (Å²) in [4.78, 5) is 0.364. The summed E-state index contributed by atoms with van der Waals surface area (Å²) in [5, 5.41) is 0. The van der Waals surface area contributed by atoms with Crippen molar-refractivity contribution < 1.29 is 13.2 Å². The van der Waals surface area contributed by atoms with Crippen molar-refractivity contribution in [1.29, 1.82) is 0 Å². The van der Waals surface area contributed by atoms with E-state index in [2.05, 4.69) is 15.9 Å². The normalized spacial score (nSPS) is 11.8. The minimum atomic E-state index is -4.33. The van der Waals surface area contributed by atoms with Gasteiger partial charge in [-0.15, -0.1) is 0 Å². The fourth-order valence-electron chi connectivity index (χ4n) is 0.771. The molecule has 0 N–H and O–H groups in total. The van der Waals surface area contributed by atoms with Crippen molar-refractivity contribution in [3.8, 4) is 0 Å². The average molecular weight is 292 g/mol. The van der Waals surface area contributed by atoms with Crippen LogP contribution in [0.15, 0.2) is 27.6 Å². The lowest BCUT2D eigenvalue weighted by Gasteiger charge is -2.07. The molecule has 0 spiro atoms. The van der Waals surface area contributed by atoms with Crippen molar-refractivity contribution in [2.24, 2.45) is 0 Å². The summed E-state index contributed by atoms with van der Waals surface area (Å²) < 4.78 is 37.0. The Balaban J connectivity index is 3.16. The lowest BCUT2D eigenvalue weighted by atomic mass is 10.2. The minimum Gasteiger partial charge on any atom is -0.166 e. The molecular formula is C7H3BrClF3S. The van der Waals surface area contributed by atoms with E-state index in [1.54, 1.807) is 0 Å². The molecule has 13 heavy (non-hydrogen) atoms. The van der Waals surface area contributed by atoms with Crippen molar-refractivity contribution in [3.63, 3.8) is 0 Å². The van der Waals surface area contributed by atoms with Crippen LogP contribution in [0.25, 0.3) is 0 Å². The molecule has 0 aliphatic carbocycles. The van der Waals surface area contributed by atoms with Gasteiger partial charge in [-0.1, -0.05) is 15.9 Å². The van der Waals surface area contributed by atoms with Crippen LogP contribution < -0.4 is 0 Å². The van der Waals surface area contributed by atoms with Gasteiger partial charge in [0.2, 0.25) is 0 Å². The predicted molar refractivity (Wildman–Crippen MR) is 50.9 cm³/mol. The lowest BCUT2D eigenvalue weighted by Crippen LogP contribution is -2.04. The predicted octanol–water partition coefficient (Wildman–Crippen LogP) is 4.71. The molecule has 0 fully saturated rings. The zero-order valence-electron chi connectivity index (χ0n) is 6.03. The maximum atomic E-state index is 12.2. The van der Waals surface area contributed by atoms with E-state index in [0.29, 0.717) is 9.37 Å². The van der Waals surface area contributed by atoms with Gasteiger partial charge in [-0.05, 0) is 39.9 Å². The molecule has 0 radical (unpaired) electrons.